The average Bonchev–Trinajstić information content (AvgIpc) is 3.05. The van der Waals surface area contributed by atoms with Crippen LogP contribution in [0.2, 0.25) is 0 Å². The second-order valence-corrected chi connectivity index (χ2v) is 4.28. The first-order valence-electron chi connectivity index (χ1n) is 6.14. The van der Waals surface area contributed by atoms with Crippen LogP contribution in [0.3, 0.4) is 0 Å². The van der Waals surface area contributed by atoms with Crippen molar-refractivity contribution in [3.63, 3.8) is 0 Å². The number of carbonyl (C=O) groups is 2. The second-order valence-electron chi connectivity index (χ2n) is 4.28. The third-order valence-electron chi connectivity index (χ3n) is 2.95. The highest BCUT2D eigenvalue weighted by Gasteiger charge is 2.15. The summed E-state index contributed by atoms with van der Waals surface area (Å²) < 4.78 is 11.5. The summed E-state index contributed by atoms with van der Waals surface area (Å²) in [5, 5.41) is 9.16. The average molecular weight is 277 g/mol. The Morgan fingerprint density at radius 3 is 2.75 bits per heavy atom. The third kappa shape index (κ3) is 2.74. The van der Waals surface area contributed by atoms with E-state index in [0.29, 0.717) is 5.76 Å². The fraction of sp³-hybridized carbons (Fsp3) is 0.286. The molecule has 0 aromatic carbocycles. The normalized spacial score (nSPS) is 10.5. The molecule has 2 rings (SSSR count). The molecule has 2 aromatic heterocycles. The number of aryl methyl sites for hydroxylation is 1. The maximum Gasteiger partial charge on any atom is 0.373 e. The molecule has 0 saturated heterocycles. The second kappa shape index (κ2) is 5.64. The van der Waals surface area contributed by atoms with Crippen LogP contribution in [-0.2, 0) is 17.7 Å². The molecule has 0 radical (unpaired) electrons. The van der Waals surface area contributed by atoms with Crippen molar-refractivity contribution in [1.82, 2.24) is 4.57 Å². The van der Waals surface area contributed by atoms with E-state index < -0.39 is 11.9 Å². The van der Waals surface area contributed by atoms with Crippen molar-refractivity contribution >= 4 is 11.9 Å². The van der Waals surface area contributed by atoms with Crippen LogP contribution in [0.25, 0.3) is 0 Å². The van der Waals surface area contributed by atoms with E-state index in [-0.39, 0.29) is 18.0 Å². The lowest BCUT2D eigenvalue weighted by molar-refractivity contribution is 0.0561. The van der Waals surface area contributed by atoms with E-state index in [9.17, 15) is 9.59 Å². The molecule has 0 unspecified atom stereocenters. The van der Waals surface area contributed by atoms with Gasteiger partial charge < -0.3 is 18.8 Å². The van der Waals surface area contributed by atoms with Gasteiger partial charge >= 0.3 is 11.9 Å². The highest BCUT2D eigenvalue weighted by Crippen LogP contribution is 2.15. The fourth-order valence-electron chi connectivity index (χ4n) is 1.92. The van der Waals surface area contributed by atoms with Gasteiger partial charge in [-0.25, -0.2) is 9.59 Å². The first-order valence-corrected chi connectivity index (χ1v) is 6.14. The van der Waals surface area contributed by atoms with E-state index >= 15 is 0 Å². The van der Waals surface area contributed by atoms with Crippen molar-refractivity contribution in [1.29, 1.82) is 0 Å². The molecule has 0 amide bonds. The summed E-state index contributed by atoms with van der Waals surface area (Å²) in [6, 6.07) is 4.77. The standard InChI is InChI=1S/C14H15NO5/c1-3-9-6-11(13(16)17)15(7-9)8-10-4-5-12(20-10)14(18)19-2/h4-7H,3,8H2,1-2H3,(H,16,17). The Kier molecular flexibility index (Phi) is 3.93. The third-order valence-corrected chi connectivity index (χ3v) is 2.95. The molecule has 2 aromatic rings. The molecule has 0 aliphatic rings. The molecule has 0 fully saturated rings. The zero-order valence-corrected chi connectivity index (χ0v) is 11.3. The number of furan rings is 1. The Balaban J connectivity index is 2.25. The van der Waals surface area contributed by atoms with E-state index in [4.69, 9.17) is 9.52 Å². The number of esters is 1. The number of ether oxygens (including phenoxy) is 1. The molecule has 6 heteroatoms. The molecule has 106 valence electrons. The van der Waals surface area contributed by atoms with Gasteiger partial charge in [0.1, 0.15) is 11.5 Å². The largest absolute Gasteiger partial charge is 0.477 e. The molecule has 2 heterocycles. The van der Waals surface area contributed by atoms with Gasteiger partial charge in [-0.2, -0.15) is 0 Å². The van der Waals surface area contributed by atoms with E-state index in [2.05, 4.69) is 4.74 Å². The van der Waals surface area contributed by atoms with Crippen LogP contribution in [0.1, 0.15) is 39.3 Å². The molecule has 1 N–H and O–H groups in total. The van der Waals surface area contributed by atoms with E-state index in [1.807, 2.05) is 6.92 Å². The number of hydrogen-bond acceptors (Lipinski definition) is 4. The summed E-state index contributed by atoms with van der Waals surface area (Å²) in [5.41, 5.74) is 1.13. The number of nitrogens with zero attached hydrogens (tertiary/aromatic N) is 1. The van der Waals surface area contributed by atoms with Crippen LogP contribution < -0.4 is 0 Å². The topological polar surface area (TPSA) is 81.7 Å². The van der Waals surface area contributed by atoms with Crippen LogP contribution in [0.15, 0.2) is 28.8 Å². The fourth-order valence-corrected chi connectivity index (χ4v) is 1.92. The summed E-state index contributed by atoms with van der Waals surface area (Å²) in [7, 11) is 1.27. The lowest BCUT2D eigenvalue weighted by atomic mass is 10.2. The molecular formula is C14H15NO5. The molecule has 0 saturated carbocycles. The van der Waals surface area contributed by atoms with Crippen LogP contribution in [0, 0.1) is 0 Å². The lowest BCUT2D eigenvalue weighted by Gasteiger charge is -2.03. The molecule has 6 nitrogen and oxygen atoms in total. The SMILES string of the molecule is CCc1cc(C(=O)O)n(Cc2ccc(C(=O)OC)o2)c1. The van der Waals surface area contributed by atoms with Crippen molar-refractivity contribution in [3.8, 4) is 0 Å². The number of carbonyl (C=O) groups excluding carboxylic acids is 1. The number of aromatic carboxylic acids is 1. The smallest absolute Gasteiger partial charge is 0.373 e. The van der Waals surface area contributed by atoms with E-state index in [1.165, 1.54) is 13.2 Å². The first-order chi connectivity index (χ1) is 9.55. The summed E-state index contributed by atoms with van der Waals surface area (Å²) in [6.45, 7) is 2.20. The van der Waals surface area contributed by atoms with Crippen molar-refractivity contribution in [2.75, 3.05) is 7.11 Å². The quantitative estimate of drug-likeness (QED) is 0.847. The number of rotatable bonds is 5. The lowest BCUT2D eigenvalue weighted by Crippen LogP contribution is -2.08. The van der Waals surface area contributed by atoms with E-state index in [0.717, 1.165) is 12.0 Å². The molecule has 0 spiro atoms. The summed E-state index contributed by atoms with van der Waals surface area (Å²) in [6.07, 6.45) is 2.52. The Bertz CT molecular complexity index is 638. The maximum absolute atomic E-state index is 11.3. The number of methoxy groups -OCH3 is 1. The number of carboxylic acids is 1. The van der Waals surface area contributed by atoms with Gasteiger partial charge in [-0.15, -0.1) is 0 Å². The monoisotopic (exact) mass is 277 g/mol. The minimum absolute atomic E-state index is 0.0993. The Morgan fingerprint density at radius 1 is 1.40 bits per heavy atom. The molecule has 20 heavy (non-hydrogen) atoms. The summed E-state index contributed by atoms with van der Waals surface area (Å²) in [5.74, 6) is -0.964. The minimum atomic E-state index is -0.996. The molecule has 0 atom stereocenters. The highest BCUT2D eigenvalue weighted by atomic mass is 16.5. The molecule has 0 aliphatic carbocycles. The van der Waals surface area contributed by atoms with Gasteiger partial charge in [0.2, 0.25) is 5.76 Å². The van der Waals surface area contributed by atoms with Crippen molar-refractivity contribution in [2.24, 2.45) is 0 Å². The Labute approximate surface area is 115 Å². The van der Waals surface area contributed by atoms with Gasteiger partial charge in [0.05, 0.1) is 13.7 Å². The number of carboxylic acid groups (broad SMARTS) is 1. The minimum Gasteiger partial charge on any atom is -0.477 e. The van der Waals surface area contributed by atoms with Crippen LogP contribution in [0.4, 0.5) is 0 Å². The molecular weight excluding hydrogens is 262 g/mol. The maximum atomic E-state index is 11.3. The highest BCUT2D eigenvalue weighted by molar-refractivity contribution is 5.86. The zero-order chi connectivity index (χ0) is 14.7. The Morgan fingerprint density at radius 2 is 2.15 bits per heavy atom. The van der Waals surface area contributed by atoms with Crippen LogP contribution in [0.5, 0.6) is 0 Å². The van der Waals surface area contributed by atoms with Crippen molar-refractivity contribution in [3.05, 3.63) is 47.2 Å². The predicted molar refractivity (Wildman–Crippen MR) is 69.9 cm³/mol. The van der Waals surface area contributed by atoms with E-state index in [1.54, 1.807) is 22.9 Å². The van der Waals surface area contributed by atoms with Crippen LogP contribution in [-0.4, -0.2) is 28.7 Å². The zero-order valence-electron chi connectivity index (χ0n) is 11.3. The van der Waals surface area contributed by atoms with Gasteiger partial charge in [0, 0.05) is 6.20 Å². The summed E-state index contributed by atoms with van der Waals surface area (Å²) >= 11 is 0. The molecule has 0 bridgehead atoms. The van der Waals surface area contributed by atoms with Crippen molar-refractivity contribution < 1.29 is 23.8 Å². The van der Waals surface area contributed by atoms with Gasteiger partial charge in [-0.1, -0.05) is 6.92 Å². The van der Waals surface area contributed by atoms with Gasteiger partial charge in [0.15, 0.2) is 0 Å². The number of aromatic nitrogens is 1. The molecule has 0 aliphatic heterocycles. The van der Waals surface area contributed by atoms with Crippen LogP contribution >= 0.6 is 0 Å². The number of hydrogen-bond donors (Lipinski definition) is 1. The predicted octanol–water partition coefficient (Wildman–Crippen LogP) is 2.18. The summed E-state index contributed by atoms with van der Waals surface area (Å²) in [4.78, 5) is 22.5. The van der Waals surface area contributed by atoms with Crippen molar-refractivity contribution in [2.45, 2.75) is 19.9 Å². The first kappa shape index (κ1) is 13.9. The van der Waals surface area contributed by atoms with Gasteiger partial charge in [-0.3, -0.25) is 0 Å². The van der Waals surface area contributed by atoms with Gasteiger partial charge in [-0.05, 0) is 30.2 Å². The Hall–Kier alpha value is -2.50. The van der Waals surface area contributed by atoms with Gasteiger partial charge in [0.25, 0.3) is 0 Å².